The molecule has 1 aromatic heterocycles. The zero-order valence-corrected chi connectivity index (χ0v) is 5.83. The van der Waals surface area contributed by atoms with Gasteiger partial charge in [0.2, 0.25) is 5.88 Å². The molecule has 0 atom stereocenters. The first-order chi connectivity index (χ1) is 4.66. The van der Waals surface area contributed by atoms with E-state index < -0.39 is 0 Å². The van der Waals surface area contributed by atoms with E-state index in [0.29, 0.717) is 0 Å². The Morgan fingerprint density at radius 3 is 2.30 bits per heavy atom. The zero-order chi connectivity index (χ0) is 7.72. The molecule has 0 aliphatic rings. The first-order valence-electron chi connectivity index (χ1n) is 2.78. The van der Waals surface area contributed by atoms with Crippen molar-refractivity contribution in [3.8, 4) is 17.5 Å². The van der Waals surface area contributed by atoms with Crippen LogP contribution in [0, 0.1) is 0 Å². The van der Waals surface area contributed by atoms with Crippen LogP contribution in [0.1, 0.15) is 0 Å². The molecule has 2 N–H and O–H groups in total. The molecule has 0 saturated carbocycles. The summed E-state index contributed by atoms with van der Waals surface area (Å²) in [5.74, 6) is 0.189. The smallest absolute Gasteiger partial charge is 0.237 e. The lowest BCUT2D eigenvalue weighted by Crippen LogP contribution is -1.85. The van der Waals surface area contributed by atoms with E-state index in [2.05, 4.69) is 0 Å². The van der Waals surface area contributed by atoms with Crippen LogP contribution in [0.4, 0.5) is 0 Å². The molecule has 0 spiro atoms. The number of rotatable bonds is 1. The van der Waals surface area contributed by atoms with Gasteiger partial charge in [0.15, 0.2) is 11.6 Å². The highest BCUT2D eigenvalue weighted by Gasteiger charge is 2.09. The van der Waals surface area contributed by atoms with Crippen LogP contribution in [0.15, 0.2) is 6.07 Å². The number of aromatic nitrogens is 1. The van der Waals surface area contributed by atoms with Gasteiger partial charge < -0.3 is 14.9 Å². The number of nitrogens with zero attached hydrogens (tertiary/aromatic N) is 1. The maximum absolute atomic E-state index is 9.10. The summed E-state index contributed by atoms with van der Waals surface area (Å²) in [4.78, 5) is 0. The predicted octanol–water partition coefficient (Wildman–Crippen LogP) is 0.445. The summed E-state index contributed by atoms with van der Waals surface area (Å²) >= 11 is 0. The molecule has 4 nitrogen and oxygen atoms in total. The van der Waals surface area contributed by atoms with Gasteiger partial charge >= 0.3 is 0 Å². The Labute approximate surface area is 58.3 Å². The van der Waals surface area contributed by atoms with Gasteiger partial charge in [0.25, 0.3) is 0 Å². The predicted molar refractivity (Wildman–Crippen MR) is 35.3 cm³/mol. The number of hydrogen-bond donors (Lipinski definition) is 2. The van der Waals surface area contributed by atoms with E-state index in [4.69, 9.17) is 14.9 Å². The number of ether oxygens (including phenoxy) is 1. The molecular weight excluding hydrogens is 134 g/mol. The first-order valence-corrected chi connectivity index (χ1v) is 2.78. The van der Waals surface area contributed by atoms with Crippen molar-refractivity contribution in [3.05, 3.63) is 6.07 Å². The van der Waals surface area contributed by atoms with Gasteiger partial charge in [-0.3, -0.25) is 4.57 Å². The minimum Gasteiger partial charge on any atom is -0.494 e. The second-order valence-electron chi connectivity index (χ2n) is 1.95. The number of aromatic hydroxyl groups is 2. The van der Waals surface area contributed by atoms with E-state index in [-0.39, 0.29) is 17.5 Å². The van der Waals surface area contributed by atoms with Crippen LogP contribution in [0.3, 0.4) is 0 Å². The highest BCUT2D eigenvalue weighted by molar-refractivity contribution is 5.40. The normalized spacial score (nSPS) is 9.80. The Bertz CT molecular complexity index is 241. The van der Waals surface area contributed by atoms with Crippen LogP contribution in [-0.4, -0.2) is 21.9 Å². The molecule has 4 heteroatoms. The van der Waals surface area contributed by atoms with Crippen molar-refractivity contribution in [2.24, 2.45) is 7.05 Å². The third-order valence-corrected chi connectivity index (χ3v) is 1.36. The van der Waals surface area contributed by atoms with Crippen LogP contribution in [0.2, 0.25) is 0 Å². The van der Waals surface area contributed by atoms with Crippen LogP contribution >= 0.6 is 0 Å². The fourth-order valence-corrected chi connectivity index (χ4v) is 0.703. The molecule has 0 unspecified atom stereocenters. The molecule has 56 valence electrons. The molecule has 0 radical (unpaired) electrons. The summed E-state index contributed by atoms with van der Waals surface area (Å²) in [7, 11) is 2.96. The molecule has 0 bridgehead atoms. The molecular formula is C6H9NO3. The molecule has 0 amide bonds. The average Bonchev–Trinajstić information content (AvgIpc) is 2.17. The van der Waals surface area contributed by atoms with Gasteiger partial charge in [-0.2, -0.15) is 0 Å². The summed E-state index contributed by atoms with van der Waals surface area (Å²) in [6.45, 7) is 0. The molecule has 1 heterocycles. The minimum atomic E-state index is -0.0694. The fraction of sp³-hybridized carbons (Fsp3) is 0.333. The van der Waals surface area contributed by atoms with Gasteiger partial charge in [-0.25, -0.2) is 0 Å². The van der Waals surface area contributed by atoms with Gasteiger partial charge in [0.1, 0.15) is 0 Å². The summed E-state index contributed by atoms with van der Waals surface area (Å²) in [6, 6.07) is 1.34. The SMILES string of the molecule is COc1cc(O)n(C)c1O. The average molecular weight is 143 g/mol. The molecule has 0 aliphatic carbocycles. The van der Waals surface area contributed by atoms with E-state index in [1.807, 2.05) is 0 Å². The Balaban J connectivity index is 3.17. The quantitative estimate of drug-likeness (QED) is 0.600. The van der Waals surface area contributed by atoms with Crippen molar-refractivity contribution in [2.45, 2.75) is 0 Å². The summed E-state index contributed by atoms with van der Waals surface area (Å²) in [5, 5.41) is 18.1. The minimum absolute atomic E-state index is 0.0191. The highest BCUT2D eigenvalue weighted by Crippen LogP contribution is 2.32. The number of hydrogen-bond acceptors (Lipinski definition) is 3. The zero-order valence-electron chi connectivity index (χ0n) is 5.83. The monoisotopic (exact) mass is 143 g/mol. The Morgan fingerprint density at radius 2 is 2.10 bits per heavy atom. The first kappa shape index (κ1) is 6.80. The van der Waals surface area contributed by atoms with Gasteiger partial charge in [0, 0.05) is 13.1 Å². The van der Waals surface area contributed by atoms with Crippen molar-refractivity contribution in [1.82, 2.24) is 4.57 Å². The number of methoxy groups -OCH3 is 1. The van der Waals surface area contributed by atoms with Gasteiger partial charge in [-0.15, -0.1) is 0 Å². The third-order valence-electron chi connectivity index (χ3n) is 1.36. The lowest BCUT2D eigenvalue weighted by atomic mass is 10.6. The van der Waals surface area contributed by atoms with E-state index in [1.165, 1.54) is 24.8 Å². The molecule has 1 rings (SSSR count). The van der Waals surface area contributed by atoms with Crippen LogP contribution in [-0.2, 0) is 7.05 Å². The van der Waals surface area contributed by atoms with Crippen LogP contribution in [0.5, 0.6) is 17.5 Å². The largest absolute Gasteiger partial charge is 0.494 e. The van der Waals surface area contributed by atoms with E-state index >= 15 is 0 Å². The van der Waals surface area contributed by atoms with Crippen molar-refractivity contribution < 1.29 is 14.9 Å². The Morgan fingerprint density at radius 1 is 1.50 bits per heavy atom. The molecule has 0 aromatic carbocycles. The second kappa shape index (κ2) is 2.13. The topological polar surface area (TPSA) is 54.6 Å². The summed E-state index contributed by atoms with van der Waals surface area (Å²) in [5.41, 5.74) is 0. The van der Waals surface area contributed by atoms with Gasteiger partial charge in [-0.1, -0.05) is 0 Å². The lowest BCUT2D eigenvalue weighted by Gasteiger charge is -1.96. The van der Waals surface area contributed by atoms with E-state index in [9.17, 15) is 0 Å². The molecule has 1 aromatic rings. The van der Waals surface area contributed by atoms with Gasteiger partial charge in [-0.05, 0) is 0 Å². The van der Waals surface area contributed by atoms with Crippen molar-refractivity contribution in [3.63, 3.8) is 0 Å². The third kappa shape index (κ3) is 0.775. The maximum atomic E-state index is 9.10. The Kier molecular flexibility index (Phi) is 1.45. The summed E-state index contributed by atoms with van der Waals surface area (Å²) in [6.07, 6.45) is 0. The van der Waals surface area contributed by atoms with E-state index in [0.717, 1.165) is 0 Å². The van der Waals surface area contributed by atoms with E-state index in [1.54, 1.807) is 0 Å². The lowest BCUT2D eigenvalue weighted by molar-refractivity contribution is 0.352. The van der Waals surface area contributed by atoms with Crippen LogP contribution in [0.25, 0.3) is 0 Å². The molecule has 0 aliphatic heterocycles. The molecule has 0 saturated heterocycles. The second-order valence-corrected chi connectivity index (χ2v) is 1.95. The van der Waals surface area contributed by atoms with Crippen molar-refractivity contribution >= 4 is 0 Å². The standard InChI is InChI=1S/C6H9NO3/c1-7-5(8)3-4(10-2)6(7)9/h3,8-9H,1-2H3. The molecule has 10 heavy (non-hydrogen) atoms. The Hall–Kier alpha value is -1.32. The molecule has 0 fully saturated rings. The highest BCUT2D eigenvalue weighted by atomic mass is 16.5. The van der Waals surface area contributed by atoms with Crippen LogP contribution < -0.4 is 4.74 Å². The summed E-state index contributed by atoms with van der Waals surface area (Å²) < 4.78 is 5.94. The van der Waals surface area contributed by atoms with Crippen molar-refractivity contribution in [2.75, 3.05) is 7.11 Å². The van der Waals surface area contributed by atoms with Gasteiger partial charge in [0.05, 0.1) is 7.11 Å². The van der Waals surface area contributed by atoms with Crippen molar-refractivity contribution in [1.29, 1.82) is 0 Å². The fourth-order valence-electron chi connectivity index (χ4n) is 0.703. The maximum Gasteiger partial charge on any atom is 0.237 e.